The second-order valence-corrected chi connectivity index (χ2v) is 8.25. The SMILES string of the molecule is CC1(C)OB(c2cc(F)c(C(=O)NC3CCCCC3)cc2F)OC1(C)C. The van der Waals surface area contributed by atoms with Crippen LogP contribution in [0.4, 0.5) is 8.78 Å². The van der Waals surface area contributed by atoms with E-state index in [2.05, 4.69) is 5.32 Å². The van der Waals surface area contributed by atoms with Gasteiger partial charge in [0.05, 0.1) is 16.8 Å². The lowest BCUT2D eigenvalue weighted by Gasteiger charge is -2.32. The van der Waals surface area contributed by atoms with E-state index in [9.17, 15) is 13.6 Å². The molecule has 1 amide bonds. The zero-order chi connectivity index (χ0) is 19.1. The van der Waals surface area contributed by atoms with Crippen molar-refractivity contribution in [2.75, 3.05) is 0 Å². The summed E-state index contributed by atoms with van der Waals surface area (Å²) in [5, 5.41) is 2.81. The molecule has 0 unspecified atom stereocenters. The molecule has 2 fully saturated rings. The van der Waals surface area contributed by atoms with E-state index in [1.54, 1.807) is 0 Å². The molecule has 1 N–H and O–H groups in total. The molecule has 1 saturated carbocycles. The molecule has 0 bridgehead atoms. The fraction of sp³-hybridized carbons (Fsp3) is 0.632. The third-order valence-corrected chi connectivity index (χ3v) is 5.78. The molecule has 4 nitrogen and oxygen atoms in total. The number of hydrogen-bond donors (Lipinski definition) is 1. The Labute approximate surface area is 153 Å². The summed E-state index contributed by atoms with van der Waals surface area (Å²) in [7, 11) is -1.01. The Bertz CT molecular complexity index is 686. The van der Waals surface area contributed by atoms with Crippen molar-refractivity contribution < 1.29 is 22.9 Å². The van der Waals surface area contributed by atoms with E-state index in [0.717, 1.165) is 44.2 Å². The van der Waals surface area contributed by atoms with Crippen LogP contribution < -0.4 is 10.8 Å². The zero-order valence-corrected chi connectivity index (χ0v) is 15.8. The van der Waals surface area contributed by atoms with Gasteiger partial charge in [-0.3, -0.25) is 4.79 Å². The standard InChI is InChI=1S/C19H26BF2NO3/c1-18(2)19(3,4)26-20(25-18)14-11-15(21)13(10-16(14)22)17(24)23-12-8-6-5-7-9-12/h10-12H,5-9H2,1-4H3,(H,23,24). The molecule has 3 rings (SSSR count). The van der Waals surface area contributed by atoms with E-state index in [4.69, 9.17) is 9.31 Å². The lowest BCUT2D eigenvalue weighted by atomic mass is 9.78. The van der Waals surface area contributed by atoms with Gasteiger partial charge in [-0.2, -0.15) is 0 Å². The van der Waals surface area contributed by atoms with Gasteiger partial charge in [-0.1, -0.05) is 19.3 Å². The molecule has 26 heavy (non-hydrogen) atoms. The Kier molecular flexibility index (Phi) is 5.14. The molecule has 0 aromatic heterocycles. The molecule has 142 valence electrons. The van der Waals surface area contributed by atoms with E-state index < -0.39 is 35.9 Å². The molecule has 1 aromatic carbocycles. The van der Waals surface area contributed by atoms with Gasteiger partial charge in [-0.25, -0.2) is 8.78 Å². The van der Waals surface area contributed by atoms with Gasteiger partial charge < -0.3 is 14.6 Å². The average Bonchev–Trinajstić information content (AvgIpc) is 2.78. The highest BCUT2D eigenvalue weighted by Crippen LogP contribution is 2.36. The normalized spacial score (nSPS) is 22.5. The fourth-order valence-corrected chi connectivity index (χ4v) is 3.40. The Hall–Kier alpha value is -1.47. The van der Waals surface area contributed by atoms with Crippen LogP contribution in [0.1, 0.15) is 70.2 Å². The lowest BCUT2D eigenvalue weighted by molar-refractivity contribution is 0.00578. The highest BCUT2D eigenvalue weighted by molar-refractivity contribution is 6.62. The van der Waals surface area contributed by atoms with Gasteiger partial charge in [-0.05, 0) is 52.7 Å². The van der Waals surface area contributed by atoms with Crippen LogP contribution in [-0.4, -0.2) is 30.3 Å². The number of hydrogen-bond acceptors (Lipinski definition) is 3. The van der Waals surface area contributed by atoms with Crippen LogP contribution in [-0.2, 0) is 9.31 Å². The van der Waals surface area contributed by atoms with Gasteiger partial charge in [0, 0.05) is 11.5 Å². The summed E-state index contributed by atoms with van der Waals surface area (Å²) in [6, 6.07) is 1.97. The summed E-state index contributed by atoms with van der Waals surface area (Å²) < 4.78 is 40.7. The summed E-state index contributed by atoms with van der Waals surface area (Å²) in [6.07, 6.45) is 4.99. The smallest absolute Gasteiger partial charge is 0.399 e. The van der Waals surface area contributed by atoms with Gasteiger partial charge in [-0.15, -0.1) is 0 Å². The Morgan fingerprint density at radius 3 is 2.19 bits per heavy atom. The topological polar surface area (TPSA) is 47.6 Å². The molecule has 1 aliphatic heterocycles. The van der Waals surface area contributed by atoms with Crippen LogP contribution in [0.2, 0.25) is 0 Å². The van der Waals surface area contributed by atoms with Gasteiger partial charge in [0.1, 0.15) is 11.6 Å². The molecule has 2 aliphatic rings. The predicted octanol–water partition coefficient (Wildman–Crippen LogP) is 3.33. The summed E-state index contributed by atoms with van der Waals surface area (Å²) in [4.78, 5) is 12.3. The molecule has 0 radical (unpaired) electrons. The largest absolute Gasteiger partial charge is 0.497 e. The summed E-state index contributed by atoms with van der Waals surface area (Å²) in [5.74, 6) is -2.06. The molecule has 1 heterocycles. The quantitative estimate of drug-likeness (QED) is 0.836. The maximum Gasteiger partial charge on any atom is 0.497 e. The number of carbonyl (C=O) groups is 1. The minimum Gasteiger partial charge on any atom is -0.399 e. The van der Waals surface area contributed by atoms with E-state index in [1.165, 1.54) is 0 Å². The second kappa shape index (κ2) is 6.93. The van der Waals surface area contributed by atoms with E-state index in [-0.39, 0.29) is 17.1 Å². The van der Waals surface area contributed by atoms with Crippen molar-refractivity contribution in [1.82, 2.24) is 5.32 Å². The third-order valence-electron chi connectivity index (χ3n) is 5.78. The molecule has 1 aromatic rings. The minimum absolute atomic E-state index is 0.0292. The van der Waals surface area contributed by atoms with Crippen molar-refractivity contribution in [2.24, 2.45) is 0 Å². The van der Waals surface area contributed by atoms with Crippen LogP contribution in [0, 0.1) is 11.6 Å². The van der Waals surface area contributed by atoms with Crippen molar-refractivity contribution in [2.45, 2.75) is 77.0 Å². The molecule has 1 aliphatic carbocycles. The summed E-state index contributed by atoms with van der Waals surface area (Å²) in [5.41, 5.74) is -1.63. The molecule has 0 spiro atoms. The number of amides is 1. The number of carbonyl (C=O) groups excluding carboxylic acids is 1. The first-order chi connectivity index (χ1) is 12.1. The van der Waals surface area contributed by atoms with Gasteiger partial charge in [0.25, 0.3) is 5.91 Å². The Balaban J connectivity index is 1.79. The fourth-order valence-electron chi connectivity index (χ4n) is 3.40. The molecule has 7 heteroatoms. The van der Waals surface area contributed by atoms with Crippen LogP contribution in [0.25, 0.3) is 0 Å². The van der Waals surface area contributed by atoms with E-state index >= 15 is 0 Å². The second-order valence-electron chi connectivity index (χ2n) is 8.25. The Morgan fingerprint density at radius 1 is 1.04 bits per heavy atom. The van der Waals surface area contributed by atoms with Crippen LogP contribution in [0.5, 0.6) is 0 Å². The first-order valence-corrected chi connectivity index (χ1v) is 9.26. The highest BCUT2D eigenvalue weighted by atomic mass is 19.1. The monoisotopic (exact) mass is 365 g/mol. The van der Waals surface area contributed by atoms with Crippen LogP contribution in [0.15, 0.2) is 12.1 Å². The first kappa shape index (κ1) is 19.3. The third kappa shape index (κ3) is 3.65. The van der Waals surface area contributed by atoms with Crippen LogP contribution >= 0.6 is 0 Å². The number of nitrogens with one attached hydrogen (secondary N) is 1. The van der Waals surface area contributed by atoms with Gasteiger partial charge in [0.15, 0.2) is 0 Å². The highest BCUT2D eigenvalue weighted by Gasteiger charge is 2.52. The molecule has 1 saturated heterocycles. The molecule has 0 atom stereocenters. The van der Waals surface area contributed by atoms with Crippen molar-refractivity contribution in [1.29, 1.82) is 0 Å². The Morgan fingerprint density at radius 2 is 1.62 bits per heavy atom. The van der Waals surface area contributed by atoms with E-state index in [0.29, 0.717) is 0 Å². The van der Waals surface area contributed by atoms with Crippen molar-refractivity contribution in [3.8, 4) is 0 Å². The molecular formula is C19H26BF2NO3. The number of halogens is 2. The van der Waals surface area contributed by atoms with E-state index in [1.807, 2.05) is 27.7 Å². The summed E-state index contributed by atoms with van der Waals surface area (Å²) >= 11 is 0. The van der Waals surface area contributed by atoms with Crippen molar-refractivity contribution >= 4 is 18.5 Å². The maximum atomic E-state index is 14.6. The van der Waals surface area contributed by atoms with Gasteiger partial charge >= 0.3 is 7.12 Å². The lowest BCUT2D eigenvalue weighted by Crippen LogP contribution is -2.41. The van der Waals surface area contributed by atoms with Gasteiger partial charge in [0.2, 0.25) is 0 Å². The van der Waals surface area contributed by atoms with Crippen molar-refractivity contribution in [3.05, 3.63) is 29.3 Å². The van der Waals surface area contributed by atoms with Crippen molar-refractivity contribution in [3.63, 3.8) is 0 Å². The van der Waals surface area contributed by atoms with Crippen LogP contribution in [0.3, 0.4) is 0 Å². The maximum absolute atomic E-state index is 14.6. The minimum atomic E-state index is -1.01. The zero-order valence-electron chi connectivity index (χ0n) is 15.8. The first-order valence-electron chi connectivity index (χ1n) is 9.26. The average molecular weight is 365 g/mol. The number of rotatable bonds is 3. The predicted molar refractivity (Wildman–Crippen MR) is 96.4 cm³/mol. The summed E-state index contributed by atoms with van der Waals surface area (Å²) in [6.45, 7) is 7.36. The molecular weight excluding hydrogens is 339 g/mol. The number of benzene rings is 1.